The fourth-order valence-electron chi connectivity index (χ4n) is 2.33. The minimum atomic E-state index is 0.0301. The van der Waals surface area contributed by atoms with Gasteiger partial charge in [0.1, 0.15) is 5.82 Å². The number of anilines is 4. The number of Topliss-reactive ketones (excluding diaryl/α,β-unsaturated/α-hetero) is 1. The first kappa shape index (κ1) is 18.2. The van der Waals surface area contributed by atoms with Gasteiger partial charge in [0, 0.05) is 28.7 Å². The molecule has 0 fully saturated rings. The minimum absolute atomic E-state index is 0.0301. The summed E-state index contributed by atoms with van der Waals surface area (Å²) < 4.78 is 0. The summed E-state index contributed by atoms with van der Waals surface area (Å²) in [7, 11) is 0. The van der Waals surface area contributed by atoms with E-state index in [2.05, 4.69) is 20.6 Å². The highest BCUT2D eigenvalue weighted by Crippen LogP contribution is 2.27. The number of halogens is 2. The van der Waals surface area contributed by atoms with E-state index in [0.29, 0.717) is 27.4 Å². The summed E-state index contributed by atoms with van der Waals surface area (Å²) in [4.78, 5) is 20.2. The molecule has 7 heteroatoms. The van der Waals surface area contributed by atoms with Gasteiger partial charge in [-0.15, -0.1) is 0 Å². The van der Waals surface area contributed by atoms with Crippen molar-refractivity contribution in [2.24, 2.45) is 0 Å². The molecule has 5 nitrogen and oxygen atoms in total. The van der Waals surface area contributed by atoms with Crippen molar-refractivity contribution >= 4 is 52.1 Å². The van der Waals surface area contributed by atoms with E-state index in [1.165, 1.54) is 6.92 Å². The number of aryl methyl sites for hydroxylation is 1. The summed E-state index contributed by atoms with van der Waals surface area (Å²) in [6.45, 7) is 3.42. The molecule has 0 unspecified atom stereocenters. The van der Waals surface area contributed by atoms with Gasteiger partial charge in [0.15, 0.2) is 5.78 Å². The highest BCUT2D eigenvalue weighted by molar-refractivity contribution is 6.42. The molecule has 132 valence electrons. The summed E-state index contributed by atoms with van der Waals surface area (Å²) in [5.74, 6) is 1.10. The van der Waals surface area contributed by atoms with Crippen molar-refractivity contribution in [3.05, 3.63) is 69.8 Å². The maximum atomic E-state index is 11.4. The van der Waals surface area contributed by atoms with Gasteiger partial charge in [-0.3, -0.25) is 4.79 Å². The molecule has 0 radical (unpaired) electrons. The summed E-state index contributed by atoms with van der Waals surface area (Å²) >= 11 is 12.0. The van der Waals surface area contributed by atoms with Gasteiger partial charge in [0.05, 0.1) is 10.0 Å². The van der Waals surface area contributed by atoms with Crippen LogP contribution in [-0.2, 0) is 0 Å². The van der Waals surface area contributed by atoms with Crippen molar-refractivity contribution in [3.63, 3.8) is 0 Å². The fourth-order valence-corrected chi connectivity index (χ4v) is 2.63. The highest BCUT2D eigenvalue weighted by atomic mass is 35.5. The SMILES string of the molecule is CC(=O)c1ccc(Nc2cc(C)nc(Nc3ccc(Cl)c(Cl)c3)n2)cc1. The molecule has 0 bridgehead atoms. The Morgan fingerprint density at radius 1 is 0.885 bits per heavy atom. The number of carbonyl (C=O) groups excluding carboxylic acids is 1. The van der Waals surface area contributed by atoms with Gasteiger partial charge < -0.3 is 10.6 Å². The topological polar surface area (TPSA) is 66.9 Å². The summed E-state index contributed by atoms with van der Waals surface area (Å²) in [6, 6.07) is 14.3. The van der Waals surface area contributed by atoms with E-state index in [9.17, 15) is 4.79 Å². The molecular formula is C19H16Cl2N4O. The lowest BCUT2D eigenvalue weighted by Gasteiger charge is -2.11. The molecule has 0 atom stereocenters. The van der Waals surface area contributed by atoms with E-state index in [1.807, 2.05) is 25.1 Å². The first-order chi connectivity index (χ1) is 12.4. The van der Waals surface area contributed by atoms with Crippen LogP contribution in [0.25, 0.3) is 0 Å². The zero-order valence-electron chi connectivity index (χ0n) is 14.2. The van der Waals surface area contributed by atoms with E-state index >= 15 is 0 Å². The quantitative estimate of drug-likeness (QED) is 0.543. The van der Waals surface area contributed by atoms with Crippen LogP contribution in [0.15, 0.2) is 48.5 Å². The Labute approximate surface area is 161 Å². The van der Waals surface area contributed by atoms with Gasteiger partial charge in [-0.2, -0.15) is 4.98 Å². The highest BCUT2D eigenvalue weighted by Gasteiger charge is 2.06. The van der Waals surface area contributed by atoms with Gasteiger partial charge in [-0.05, 0) is 56.3 Å². The Morgan fingerprint density at radius 2 is 1.58 bits per heavy atom. The average molecular weight is 387 g/mol. The lowest BCUT2D eigenvalue weighted by atomic mass is 10.1. The number of nitrogens with zero attached hydrogens (tertiary/aromatic N) is 2. The first-order valence-corrected chi connectivity index (χ1v) is 8.62. The third-order valence-electron chi connectivity index (χ3n) is 3.59. The Bertz CT molecular complexity index is 958. The van der Waals surface area contributed by atoms with Crippen molar-refractivity contribution in [2.45, 2.75) is 13.8 Å². The monoisotopic (exact) mass is 386 g/mol. The van der Waals surface area contributed by atoms with E-state index in [0.717, 1.165) is 17.1 Å². The van der Waals surface area contributed by atoms with Crippen molar-refractivity contribution in [1.29, 1.82) is 0 Å². The zero-order chi connectivity index (χ0) is 18.7. The maximum absolute atomic E-state index is 11.4. The molecule has 0 saturated heterocycles. The van der Waals surface area contributed by atoms with Crippen LogP contribution in [0.5, 0.6) is 0 Å². The number of rotatable bonds is 5. The maximum Gasteiger partial charge on any atom is 0.229 e. The smallest absolute Gasteiger partial charge is 0.229 e. The first-order valence-electron chi connectivity index (χ1n) is 7.86. The Kier molecular flexibility index (Phi) is 5.40. The van der Waals surface area contributed by atoms with E-state index in [1.54, 1.807) is 30.3 Å². The van der Waals surface area contributed by atoms with Crippen LogP contribution in [0.3, 0.4) is 0 Å². The Balaban J connectivity index is 1.80. The normalized spacial score (nSPS) is 10.5. The van der Waals surface area contributed by atoms with E-state index in [4.69, 9.17) is 23.2 Å². The van der Waals surface area contributed by atoms with Crippen molar-refractivity contribution in [3.8, 4) is 0 Å². The second kappa shape index (κ2) is 7.72. The lowest BCUT2D eigenvalue weighted by molar-refractivity contribution is 0.101. The molecule has 0 spiro atoms. The zero-order valence-corrected chi connectivity index (χ0v) is 15.7. The molecule has 0 amide bonds. The van der Waals surface area contributed by atoms with Gasteiger partial charge in [-0.25, -0.2) is 4.98 Å². The molecule has 2 N–H and O–H groups in total. The largest absolute Gasteiger partial charge is 0.340 e. The number of hydrogen-bond acceptors (Lipinski definition) is 5. The molecule has 0 aliphatic carbocycles. The number of nitrogens with one attached hydrogen (secondary N) is 2. The van der Waals surface area contributed by atoms with Gasteiger partial charge in [0.25, 0.3) is 0 Å². The Morgan fingerprint density at radius 3 is 2.23 bits per heavy atom. The van der Waals surface area contributed by atoms with Gasteiger partial charge in [0.2, 0.25) is 5.95 Å². The minimum Gasteiger partial charge on any atom is -0.340 e. The van der Waals surface area contributed by atoms with E-state index in [-0.39, 0.29) is 5.78 Å². The predicted molar refractivity (Wildman–Crippen MR) is 106 cm³/mol. The van der Waals surface area contributed by atoms with Crippen LogP contribution >= 0.6 is 23.2 Å². The molecule has 2 aromatic carbocycles. The molecular weight excluding hydrogens is 371 g/mol. The van der Waals surface area contributed by atoms with Crippen LogP contribution in [0.2, 0.25) is 10.0 Å². The van der Waals surface area contributed by atoms with Crippen LogP contribution in [0.4, 0.5) is 23.1 Å². The van der Waals surface area contributed by atoms with Gasteiger partial charge >= 0.3 is 0 Å². The second-order valence-electron chi connectivity index (χ2n) is 5.73. The number of ketones is 1. The number of aromatic nitrogens is 2. The molecule has 0 aliphatic heterocycles. The molecule has 1 heterocycles. The summed E-state index contributed by atoms with van der Waals surface area (Å²) in [5, 5.41) is 7.26. The molecule has 26 heavy (non-hydrogen) atoms. The van der Waals surface area contributed by atoms with Crippen LogP contribution < -0.4 is 10.6 Å². The lowest BCUT2D eigenvalue weighted by Crippen LogP contribution is -2.02. The van der Waals surface area contributed by atoms with Crippen molar-refractivity contribution < 1.29 is 4.79 Å². The third kappa shape index (κ3) is 4.50. The molecule has 1 aromatic heterocycles. The van der Waals surface area contributed by atoms with E-state index < -0.39 is 0 Å². The second-order valence-corrected chi connectivity index (χ2v) is 6.54. The fraction of sp³-hybridized carbons (Fsp3) is 0.105. The number of carbonyl (C=O) groups is 1. The molecule has 0 aliphatic rings. The number of hydrogen-bond donors (Lipinski definition) is 2. The summed E-state index contributed by atoms with van der Waals surface area (Å²) in [5.41, 5.74) is 3.03. The Hall–Kier alpha value is -2.63. The van der Waals surface area contributed by atoms with Crippen LogP contribution in [0.1, 0.15) is 23.0 Å². The standard InChI is InChI=1S/C19H16Cl2N4O/c1-11-9-18(23-14-5-3-13(4-6-14)12(2)26)25-19(22-11)24-15-7-8-16(20)17(21)10-15/h3-10H,1-2H3,(H2,22,23,24,25). The molecule has 3 rings (SSSR count). The number of benzene rings is 2. The van der Waals surface area contributed by atoms with Crippen LogP contribution in [-0.4, -0.2) is 15.8 Å². The van der Waals surface area contributed by atoms with Gasteiger partial charge in [-0.1, -0.05) is 23.2 Å². The van der Waals surface area contributed by atoms with Crippen molar-refractivity contribution in [1.82, 2.24) is 9.97 Å². The van der Waals surface area contributed by atoms with Crippen molar-refractivity contribution in [2.75, 3.05) is 10.6 Å². The third-order valence-corrected chi connectivity index (χ3v) is 4.33. The average Bonchev–Trinajstić information content (AvgIpc) is 2.58. The summed E-state index contributed by atoms with van der Waals surface area (Å²) in [6.07, 6.45) is 0. The van der Waals surface area contributed by atoms with Crippen LogP contribution in [0, 0.1) is 6.92 Å². The predicted octanol–water partition coefficient (Wildman–Crippen LogP) is 5.78. The molecule has 0 saturated carbocycles. The molecule has 3 aromatic rings.